The fraction of sp³-hybridized carbons (Fsp3) is 0.429. The Labute approximate surface area is 214 Å². The molecule has 196 valence electrons. The van der Waals surface area contributed by atoms with E-state index >= 15 is 0 Å². The van der Waals surface area contributed by atoms with E-state index in [9.17, 15) is 14.4 Å². The second-order valence-electron chi connectivity index (χ2n) is 8.36. The number of benzene rings is 2. The smallest absolute Gasteiger partial charge is 0.290 e. The lowest BCUT2D eigenvalue weighted by Gasteiger charge is -2.21. The number of aldehydes is 1. The normalized spacial score (nSPS) is 18.8. The zero-order valence-corrected chi connectivity index (χ0v) is 21.9. The first-order valence-electron chi connectivity index (χ1n) is 12.3. The predicted octanol–water partition coefficient (Wildman–Crippen LogP) is 3.47. The molecule has 2 heterocycles. The molecule has 8 nitrogen and oxygen atoms in total. The van der Waals surface area contributed by atoms with E-state index in [1.54, 1.807) is 0 Å². The number of amides is 2. The molecule has 0 aromatic heterocycles. The largest absolute Gasteiger partial charge is 0.483 e. The van der Waals surface area contributed by atoms with Crippen LogP contribution in [0.15, 0.2) is 48.5 Å². The summed E-state index contributed by atoms with van der Waals surface area (Å²) in [7, 11) is 1.94. The summed E-state index contributed by atoms with van der Waals surface area (Å²) < 4.78 is 0. The zero-order chi connectivity index (χ0) is 27.1. The summed E-state index contributed by atoms with van der Waals surface area (Å²) in [5.74, 6) is -0.422. The number of nitrogens with zero attached hydrogens (tertiary/aromatic N) is 1. The number of likely N-dealkylation sites (N-methyl/N-ethyl adjacent to an activating group) is 1. The molecular formula is C28H39N3O5. The lowest BCUT2D eigenvalue weighted by molar-refractivity contribution is -0.123. The quantitative estimate of drug-likeness (QED) is 0.428. The molecular weight excluding hydrogens is 458 g/mol. The highest BCUT2D eigenvalue weighted by molar-refractivity contribution is 6.22. The third kappa shape index (κ3) is 8.39. The molecule has 3 atom stereocenters. The van der Waals surface area contributed by atoms with Crippen LogP contribution >= 0.6 is 0 Å². The highest BCUT2D eigenvalue weighted by atomic mass is 16.3. The Morgan fingerprint density at radius 2 is 1.64 bits per heavy atom. The topological polar surface area (TPSA) is 116 Å². The Bertz CT molecular complexity index is 953. The molecule has 0 spiro atoms. The van der Waals surface area contributed by atoms with Gasteiger partial charge in [0, 0.05) is 18.2 Å². The first kappa shape index (κ1) is 30.7. The minimum atomic E-state index is -0.250. The van der Waals surface area contributed by atoms with Crippen molar-refractivity contribution in [3.05, 3.63) is 65.2 Å². The monoisotopic (exact) mass is 497 g/mol. The van der Waals surface area contributed by atoms with Crippen LogP contribution in [0.1, 0.15) is 48.7 Å². The van der Waals surface area contributed by atoms with Crippen molar-refractivity contribution in [2.75, 3.05) is 25.0 Å². The van der Waals surface area contributed by atoms with Gasteiger partial charge in [0.2, 0.25) is 11.8 Å². The average Bonchev–Trinajstić information content (AvgIpc) is 3.16. The van der Waals surface area contributed by atoms with Gasteiger partial charge in [-0.25, -0.2) is 0 Å². The second-order valence-corrected chi connectivity index (χ2v) is 8.36. The van der Waals surface area contributed by atoms with Crippen molar-refractivity contribution in [1.29, 1.82) is 0 Å². The summed E-state index contributed by atoms with van der Waals surface area (Å²) in [4.78, 5) is 45.0. The summed E-state index contributed by atoms with van der Waals surface area (Å²) in [5, 5.41) is 13.3. The summed E-state index contributed by atoms with van der Waals surface area (Å²) in [6.07, 6.45) is 2.55. The van der Waals surface area contributed by atoms with Crippen LogP contribution < -0.4 is 15.5 Å². The molecule has 2 aliphatic rings. The van der Waals surface area contributed by atoms with Gasteiger partial charge in [-0.15, -0.1) is 0 Å². The number of anilines is 1. The molecule has 2 aromatic carbocycles. The van der Waals surface area contributed by atoms with E-state index in [2.05, 4.69) is 17.6 Å². The van der Waals surface area contributed by atoms with Gasteiger partial charge >= 0.3 is 0 Å². The van der Waals surface area contributed by atoms with Gasteiger partial charge in [0.1, 0.15) is 6.29 Å². The van der Waals surface area contributed by atoms with Crippen LogP contribution in [0.3, 0.4) is 0 Å². The lowest BCUT2D eigenvalue weighted by Crippen LogP contribution is -2.38. The van der Waals surface area contributed by atoms with Crippen LogP contribution in [0, 0.1) is 18.8 Å². The molecule has 36 heavy (non-hydrogen) atoms. The number of aryl methyl sites for hydroxylation is 1. The SMILES string of the molecule is CC.CNC(C)Cc1ccc(N2C(=O)C3CCNCC3C2=O)cc1.Cc1ccccc1C=O.O=CO. The van der Waals surface area contributed by atoms with Gasteiger partial charge in [-0.3, -0.25) is 24.1 Å². The molecule has 0 saturated carbocycles. The summed E-state index contributed by atoms with van der Waals surface area (Å²) >= 11 is 0. The van der Waals surface area contributed by atoms with Gasteiger partial charge in [0.15, 0.2) is 0 Å². The van der Waals surface area contributed by atoms with Gasteiger partial charge in [-0.1, -0.05) is 50.2 Å². The number of carbonyl (C=O) groups excluding carboxylic acids is 3. The molecule has 2 aliphatic heterocycles. The highest BCUT2D eigenvalue weighted by Crippen LogP contribution is 2.34. The van der Waals surface area contributed by atoms with E-state index in [-0.39, 0.29) is 30.1 Å². The third-order valence-corrected chi connectivity index (χ3v) is 6.10. The first-order valence-corrected chi connectivity index (χ1v) is 12.3. The number of rotatable bonds is 5. The molecule has 2 saturated heterocycles. The summed E-state index contributed by atoms with van der Waals surface area (Å²) in [5.41, 5.74) is 3.71. The maximum Gasteiger partial charge on any atom is 0.290 e. The first-order chi connectivity index (χ1) is 17.4. The maximum atomic E-state index is 12.5. The predicted molar refractivity (Wildman–Crippen MR) is 142 cm³/mol. The fourth-order valence-electron chi connectivity index (χ4n) is 4.06. The van der Waals surface area contributed by atoms with E-state index in [0.717, 1.165) is 36.8 Å². The number of carbonyl (C=O) groups is 4. The maximum absolute atomic E-state index is 12.5. The lowest BCUT2D eigenvalue weighted by atomic mass is 9.89. The standard InChI is InChI=1S/C17H23N3O2.C8H8O.C2H6.CH2O2/c1-11(18-2)9-12-3-5-13(6-4-12)20-16(21)14-7-8-19-10-15(14)17(20)22;1-7-4-2-3-5-8(7)6-9;1-2;2-1-3/h3-6,11,14-15,18-19H,7-10H2,1-2H3;2-6H,1H3;1-2H3;1H,(H,2,3). The van der Waals surface area contributed by atoms with Crippen LogP contribution in [-0.4, -0.2) is 55.9 Å². The second kappa shape index (κ2) is 16.3. The minimum Gasteiger partial charge on any atom is -0.483 e. The van der Waals surface area contributed by atoms with E-state index in [0.29, 0.717) is 18.3 Å². The van der Waals surface area contributed by atoms with Crippen molar-refractivity contribution < 1.29 is 24.3 Å². The van der Waals surface area contributed by atoms with E-state index in [1.165, 1.54) is 10.5 Å². The molecule has 0 bridgehead atoms. The Morgan fingerprint density at radius 3 is 2.14 bits per heavy atom. The number of nitrogens with one attached hydrogen (secondary N) is 2. The third-order valence-electron chi connectivity index (χ3n) is 6.10. The Kier molecular flexibility index (Phi) is 13.9. The molecule has 3 unspecified atom stereocenters. The number of imide groups is 1. The van der Waals surface area contributed by atoms with Crippen molar-refractivity contribution in [1.82, 2.24) is 10.6 Å². The molecule has 8 heteroatoms. The van der Waals surface area contributed by atoms with Gasteiger partial charge in [-0.05, 0) is 63.5 Å². The van der Waals surface area contributed by atoms with E-state index in [4.69, 9.17) is 9.90 Å². The van der Waals surface area contributed by atoms with Crippen molar-refractivity contribution in [2.24, 2.45) is 11.8 Å². The van der Waals surface area contributed by atoms with Crippen molar-refractivity contribution in [3.63, 3.8) is 0 Å². The summed E-state index contributed by atoms with van der Waals surface area (Å²) in [6, 6.07) is 15.7. The van der Waals surface area contributed by atoms with E-state index < -0.39 is 0 Å². The highest BCUT2D eigenvalue weighted by Gasteiger charge is 2.48. The Morgan fingerprint density at radius 1 is 1.06 bits per heavy atom. The zero-order valence-electron chi connectivity index (χ0n) is 21.9. The molecule has 2 fully saturated rings. The molecule has 3 N–H and O–H groups in total. The number of hydrogen-bond acceptors (Lipinski definition) is 6. The molecule has 0 aliphatic carbocycles. The van der Waals surface area contributed by atoms with Crippen LogP contribution in [0.2, 0.25) is 0 Å². The number of fused-ring (bicyclic) bond motifs is 1. The summed E-state index contributed by atoms with van der Waals surface area (Å²) in [6.45, 7) is 9.22. The van der Waals surface area contributed by atoms with Crippen molar-refractivity contribution >= 4 is 30.3 Å². The molecule has 0 radical (unpaired) electrons. The average molecular weight is 498 g/mol. The van der Waals surface area contributed by atoms with Crippen LogP contribution in [0.5, 0.6) is 0 Å². The van der Waals surface area contributed by atoms with E-state index in [1.807, 2.05) is 76.3 Å². The van der Waals surface area contributed by atoms with Gasteiger partial charge in [-0.2, -0.15) is 0 Å². The number of carboxylic acid groups (broad SMARTS) is 1. The Balaban J connectivity index is 0.000000385. The Hall–Kier alpha value is -3.36. The minimum absolute atomic E-state index is 0.0344. The van der Waals surface area contributed by atoms with Crippen LogP contribution in [0.4, 0.5) is 5.69 Å². The van der Waals surface area contributed by atoms with Crippen molar-refractivity contribution in [3.8, 4) is 0 Å². The van der Waals surface area contributed by atoms with Gasteiger partial charge in [0.25, 0.3) is 6.47 Å². The fourth-order valence-corrected chi connectivity index (χ4v) is 4.06. The van der Waals surface area contributed by atoms with Gasteiger partial charge in [0.05, 0.1) is 17.5 Å². The molecule has 2 aromatic rings. The number of piperidine rings is 1. The number of hydrogen-bond donors (Lipinski definition) is 3. The molecule has 2 amide bonds. The van der Waals surface area contributed by atoms with Gasteiger partial charge < -0.3 is 15.7 Å². The van der Waals surface area contributed by atoms with Crippen LogP contribution in [0.25, 0.3) is 0 Å². The molecule has 4 rings (SSSR count). The van der Waals surface area contributed by atoms with Crippen molar-refractivity contribution in [2.45, 2.75) is 46.6 Å². The van der Waals surface area contributed by atoms with Crippen LogP contribution in [-0.2, 0) is 20.8 Å².